The topological polar surface area (TPSA) is 0 Å². The summed E-state index contributed by atoms with van der Waals surface area (Å²) in [4.78, 5) is 0. The molecule has 0 aliphatic carbocycles. The van der Waals surface area contributed by atoms with Gasteiger partial charge in [-0.25, -0.2) is 0 Å². The highest BCUT2D eigenvalue weighted by molar-refractivity contribution is 7.14. The van der Waals surface area contributed by atoms with Crippen LogP contribution in [0.15, 0.2) is 72.6 Å². The Morgan fingerprint density at radius 2 is 1.05 bits per heavy atom. The van der Waals surface area contributed by atoms with Crippen molar-refractivity contribution in [3.63, 3.8) is 0 Å². The third-order valence-corrected chi connectivity index (χ3v) is 3.65. The monoisotopic (exact) mass is 320 g/mol. The van der Waals surface area contributed by atoms with Gasteiger partial charge in [0, 0.05) is 10.1 Å². The summed E-state index contributed by atoms with van der Waals surface area (Å²) in [6.45, 7) is 0. The molecule has 2 rings (SSSR count). The van der Waals surface area contributed by atoms with Crippen molar-refractivity contribution in [2.45, 2.75) is 0 Å². The van der Waals surface area contributed by atoms with E-state index in [1.54, 1.807) is 12.0 Å². The lowest BCUT2D eigenvalue weighted by molar-refractivity contribution is 1.65. The maximum absolute atomic E-state index is 6.25. The van der Waals surface area contributed by atoms with Crippen molar-refractivity contribution in [2.75, 3.05) is 0 Å². The molecule has 0 heterocycles. The summed E-state index contributed by atoms with van der Waals surface area (Å²) in [6, 6.07) is 19.4. The standard InChI is InChI=1S/C16H12BCl3/c18-15(13-7-3-1-4-8-13)11-17(20)12-16(19)14-9-5-2-6-10-14/h1-12H/b15-11-,16-12-. The molecule has 0 spiro atoms. The minimum Gasteiger partial charge on any atom is -0.183 e. The van der Waals surface area contributed by atoms with E-state index < -0.39 is 0 Å². The summed E-state index contributed by atoms with van der Waals surface area (Å²) >= 11 is 18.7. The summed E-state index contributed by atoms with van der Waals surface area (Å²) in [5.74, 6) is 3.54. The summed E-state index contributed by atoms with van der Waals surface area (Å²) in [7, 11) is 0. The quantitative estimate of drug-likeness (QED) is 0.619. The first-order valence-corrected chi connectivity index (χ1v) is 7.35. The zero-order valence-electron chi connectivity index (χ0n) is 10.6. The maximum Gasteiger partial charge on any atom is 0.303 e. The fourth-order valence-corrected chi connectivity index (χ4v) is 2.62. The first-order chi connectivity index (χ1) is 9.66. The summed E-state index contributed by atoms with van der Waals surface area (Å²) in [6.07, 6.45) is -0.365. The van der Waals surface area contributed by atoms with Crippen LogP contribution in [0.3, 0.4) is 0 Å². The molecule has 2 aromatic rings. The van der Waals surface area contributed by atoms with Gasteiger partial charge in [0.05, 0.1) is 0 Å². The molecule has 4 heteroatoms. The average Bonchev–Trinajstić information content (AvgIpc) is 2.49. The Morgan fingerprint density at radius 1 is 0.700 bits per heavy atom. The van der Waals surface area contributed by atoms with Crippen LogP contribution >= 0.6 is 34.7 Å². The van der Waals surface area contributed by atoms with Gasteiger partial charge in [0.25, 0.3) is 0 Å². The molecule has 20 heavy (non-hydrogen) atoms. The van der Waals surface area contributed by atoms with Crippen molar-refractivity contribution in [2.24, 2.45) is 0 Å². The Morgan fingerprint density at radius 3 is 1.40 bits per heavy atom. The maximum atomic E-state index is 6.25. The number of rotatable bonds is 4. The predicted octanol–water partition coefficient (Wildman–Crippen LogP) is 5.85. The van der Waals surface area contributed by atoms with Crippen molar-refractivity contribution in [1.82, 2.24) is 0 Å². The van der Waals surface area contributed by atoms with Crippen molar-refractivity contribution < 1.29 is 0 Å². The van der Waals surface area contributed by atoms with Crippen LogP contribution in [-0.2, 0) is 0 Å². The van der Waals surface area contributed by atoms with E-state index >= 15 is 0 Å². The second kappa shape index (κ2) is 7.59. The molecule has 0 N–H and O–H groups in total. The van der Waals surface area contributed by atoms with Crippen LogP contribution in [0.1, 0.15) is 11.1 Å². The molecule has 0 aliphatic heterocycles. The summed E-state index contributed by atoms with van der Waals surface area (Å²) < 4.78 is 0. The molecular formula is C16H12BCl3. The molecule has 0 unspecified atom stereocenters. The molecule has 0 nitrogen and oxygen atoms in total. The Labute approximate surface area is 134 Å². The minimum atomic E-state index is -0.365. The van der Waals surface area contributed by atoms with Crippen LogP contribution in [0.2, 0.25) is 0 Å². The lowest BCUT2D eigenvalue weighted by Crippen LogP contribution is -1.96. The van der Waals surface area contributed by atoms with Crippen LogP contribution in [0.5, 0.6) is 0 Å². The molecular weight excluding hydrogens is 309 g/mol. The molecule has 0 atom stereocenters. The molecule has 0 saturated carbocycles. The lowest BCUT2D eigenvalue weighted by atomic mass is 9.75. The second-order valence-corrected chi connectivity index (χ2v) is 5.52. The normalized spacial score (nSPS) is 12.3. The third-order valence-electron chi connectivity index (χ3n) is 2.71. The van der Waals surface area contributed by atoms with Gasteiger partial charge in [-0.1, -0.05) is 95.8 Å². The van der Waals surface area contributed by atoms with Crippen molar-refractivity contribution in [1.29, 1.82) is 0 Å². The highest BCUT2D eigenvalue weighted by Gasteiger charge is 2.08. The van der Waals surface area contributed by atoms with Gasteiger partial charge in [-0.2, -0.15) is 11.5 Å². The van der Waals surface area contributed by atoms with Gasteiger partial charge in [-0.3, -0.25) is 0 Å². The van der Waals surface area contributed by atoms with Crippen LogP contribution in [0, 0.1) is 0 Å². The van der Waals surface area contributed by atoms with Gasteiger partial charge < -0.3 is 0 Å². The molecule has 0 amide bonds. The van der Waals surface area contributed by atoms with Gasteiger partial charge >= 0.3 is 6.13 Å². The average molecular weight is 321 g/mol. The van der Waals surface area contributed by atoms with E-state index in [1.165, 1.54) is 0 Å². The Bertz CT molecular complexity index is 551. The van der Waals surface area contributed by atoms with Crippen LogP contribution in [0.25, 0.3) is 10.1 Å². The van der Waals surface area contributed by atoms with Gasteiger partial charge in [0.15, 0.2) is 0 Å². The van der Waals surface area contributed by atoms with Crippen LogP contribution in [0.4, 0.5) is 0 Å². The van der Waals surface area contributed by atoms with Crippen LogP contribution < -0.4 is 0 Å². The second-order valence-electron chi connectivity index (χ2n) is 4.21. The van der Waals surface area contributed by atoms with Gasteiger partial charge in [-0.15, -0.1) is 0 Å². The Kier molecular flexibility index (Phi) is 5.78. The largest absolute Gasteiger partial charge is 0.303 e. The molecule has 0 fully saturated rings. The summed E-state index contributed by atoms with van der Waals surface area (Å²) in [5, 5.41) is 1.22. The van der Waals surface area contributed by atoms with E-state index in [0.717, 1.165) is 11.1 Å². The molecule has 0 aromatic heterocycles. The minimum absolute atomic E-state index is 0.365. The number of halogens is 3. The van der Waals surface area contributed by atoms with Crippen molar-refractivity contribution in [3.05, 3.63) is 83.7 Å². The first-order valence-electron chi connectivity index (χ1n) is 6.16. The van der Waals surface area contributed by atoms with Gasteiger partial charge in [0.1, 0.15) is 0 Å². The molecule has 0 bridgehead atoms. The van der Waals surface area contributed by atoms with E-state index in [9.17, 15) is 0 Å². The summed E-state index contributed by atoms with van der Waals surface area (Å²) in [5.41, 5.74) is 1.87. The zero-order valence-corrected chi connectivity index (χ0v) is 12.9. The molecule has 2 aromatic carbocycles. The third kappa shape index (κ3) is 4.45. The fourth-order valence-electron chi connectivity index (χ4n) is 1.71. The van der Waals surface area contributed by atoms with Gasteiger partial charge in [-0.05, 0) is 11.1 Å². The lowest BCUT2D eigenvalue weighted by Gasteiger charge is -2.02. The number of hydrogen-bond acceptors (Lipinski definition) is 0. The van der Waals surface area contributed by atoms with Crippen molar-refractivity contribution in [3.8, 4) is 0 Å². The number of hydrogen-bond donors (Lipinski definition) is 0. The van der Waals surface area contributed by atoms with E-state index in [4.69, 9.17) is 34.7 Å². The Balaban J connectivity index is 2.14. The van der Waals surface area contributed by atoms with Gasteiger partial charge in [0.2, 0.25) is 0 Å². The van der Waals surface area contributed by atoms with Crippen LogP contribution in [-0.4, -0.2) is 6.13 Å². The van der Waals surface area contributed by atoms with E-state index in [-0.39, 0.29) is 6.13 Å². The predicted molar refractivity (Wildman–Crippen MR) is 92.2 cm³/mol. The smallest absolute Gasteiger partial charge is 0.183 e. The highest BCUT2D eigenvalue weighted by Crippen LogP contribution is 2.23. The van der Waals surface area contributed by atoms with E-state index in [2.05, 4.69) is 0 Å². The van der Waals surface area contributed by atoms with Crippen molar-refractivity contribution >= 4 is 50.9 Å². The highest BCUT2D eigenvalue weighted by atomic mass is 35.5. The SMILES string of the molecule is ClB(/C=C(\Cl)c1ccccc1)/C=C(\Cl)c1ccccc1. The molecule has 0 saturated heterocycles. The number of benzene rings is 2. The zero-order chi connectivity index (χ0) is 14.4. The molecule has 0 radical (unpaired) electrons. The fraction of sp³-hybridized carbons (Fsp3) is 0. The van der Waals surface area contributed by atoms with E-state index in [1.807, 2.05) is 60.7 Å². The molecule has 0 aliphatic rings. The van der Waals surface area contributed by atoms with E-state index in [0.29, 0.717) is 10.1 Å². The Hall–Kier alpha value is -1.15. The first kappa shape index (κ1) is 15.2. The molecule has 100 valence electrons.